The molecule has 1 unspecified atom stereocenters. The van der Waals surface area contributed by atoms with Crippen LogP contribution >= 0.6 is 0 Å². The van der Waals surface area contributed by atoms with Crippen LogP contribution in [0.2, 0.25) is 0 Å². The van der Waals surface area contributed by atoms with Gasteiger partial charge in [0.15, 0.2) is 12.4 Å². The normalized spacial score (nSPS) is 18.0. The second-order valence-electron chi connectivity index (χ2n) is 6.59. The molecule has 0 bridgehead atoms. The van der Waals surface area contributed by atoms with Crippen LogP contribution < -0.4 is 4.74 Å². The van der Waals surface area contributed by atoms with Crippen LogP contribution in [-0.2, 0) is 11.3 Å². The lowest BCUT2D eigenvalue weighted by Crippen LogP contribution is -2.37. The molecule has 3 heterocycles. The van der Waals surface area contributed by atoms with E-state index in [2.05, 4.69) is 27.1 Å². The van der Waals surface area contributed by atoms with Crippen LogP contribution in [-0.4, -0.2) is 63.6 Å². The first-order valence-corrected chi connectivity index (χ1v) is 8.92. The van der Waals surface area contributed by atoms with E-state index in [1.165, 1.54) is 0 Å². The van der Waals surface area contributed by atoms with Gasteiger partial charge in [-0.15, -0.1) is 0 Å². The van der Waals surface area contributed by atoms with E-state index in [0.29, 0.717) is 30.1 Å². The molecule has 0 aliphatic carbocycles. The van der Waals surface area contributed by atoms with Crippen molar-refractivity contribution >= 4 is 5.91 Å². The Hall–Kier alpha value is -2.48. The van der Waals surface area contributed by atoms with Gasteiger partial charge in [-0.2, -0.15) is 4.98 Å². The molecule has 0 N–H and O–H groups in total. The van der Waals surface area contributed by atoms with Crippen molar-refractivity contribution in [2.24, 2.45) is 0 Å². The Morgan fingerprint density at radius 1 is 1.42 bits per heavy atom. The van der Waals surface area contributed by atoms with Crippen LogP contribution in [0.25, 0.3) is 0 Å². The van der Waals surface area contributed by atoms with Crippen molar-refractivity contribution in [1.29, 1.82) is 0 Å². The van der Waals surface area contributed by atoms with Gasteiger partial charge in [-0.25, -0.2) is 0 Å². The standard InChI is InChI=1S/C18H25N5O3/c1-14-20-17(21-26-14)12-22(2)15-5-4-9-23(10-7-15)18(24)13-25-16-6-3-8-19-11-16/h3,6,8,11,15H,4-5,7,9-10,12-13H2,1-2H3. The maximum Gasteiger partial charge on any atom is 0.260 e. The second kappa shape index (κ2) is 8.75. The van der Waals surface area contributed by atoms with Gasteiger partial charge in [0.2, 0.25) is 5.89 Å². The third kappa shape index (κ3) is 5.01. The van der Waals surface area contributed by atoms with Crippen molar-refractivity contribution in [2.45, 2.75) is 38.8 Å². The quantitative estimate of drug-likeness (QED) is 0.775. The minimum atomic E-state index is 0.0194. The molecule has 1 aliphatic heterocycles. The number of likely N-dealkylation sites (tertiary alicyclic amines) is 1. The van der Waals surface area contributed by atoms with Gasteiger partial charge in [-0.1, -0.05) is 5.16 Å². The summed E-state index contributed by atoms with van der Waals surface area (Å²) >= 11 is 0. The number of aromatic nitrogens is 3. The van der Waals surface area contributed by atoms with Crippen molar-refractivity contribution in [3.05, 3.63) is 36.2 Å². The number of ether oxygens (including phenoxy) is 1. The van der Waals surface area contributed by atoms with E-state index < -0.39 is 0 Å². The molecule has 1 amide bonds. The Kier molecular flexibility index (Phi) is 6.17. The summed E-state index contributed by atoms with van der Waals surface area (Å²) in [4.78, 5) is 24.8. The molecule has 0 radical (unpaired) electrons. The number of aryl methyl sites for hydroxylation is 1. The van der Waals surface area contributed by atoms with E-state index >= 15 is 0 Å². The first-order chi connectivity index (χ1) is 12.6. The number of rotatable bonds is 6. The number of pyridine rings is 1. The largest absolute Gasteiger partial charge is 0.482 e. The maximum absolute atomic E-state index is 12.4. The van der Waals surface area contributed by atoms with Crippen LogP contribution in [0.4, 0.5) is 0 Å². The summed E-state index contributed by atoms with van der Waals surface area (Å²) in [5, 5.41) is 3.96. The Labute approximate surface area is 153 Å². The number of carbonyl (C=O) groups excluding carboxylic acids is 1. The fraction of sp³-hybridized carbons (Fsp3) is 0.556. The van der Waals surface area contributed by atoms with E-state index in [4.69, 9.17) is 9.26 Å². The lowest BCUT2D eigenvalue weighted by Gasteiger charge is -2.26. The van der Waals surface area contributed by atoms with E-state index in [-0.39, 0.29) is 12.5 Å². The highest BCUT2D eigenvalue weighted by atomic mass is 16.5. The number of nitrogens with zero attached hydrogens (tertiary/aromatic N) is 5. The zero-order valence-electron chi connectivity index (χ0n) is 15.3. The Bertz CT molecular complexity index is 706. The number of carbonyl (C=O) groups is 1. The molecule has 8 heteroatoms. The van der Waals surface area contributed by atoms with E-state index in [0.717, 1.165) is 32.4 Å². The van der Waals surface area contributed by atoms with Gasteiger partial charge in [0.1, 0.15) is 5.75 Å². The summed E-state index contributed by atoms with van der Waals surface area (Å²) in [6.45, 7) is 3.99. The molecule has 0 aromatic carbocycles. The summed E-state index contributed by atoms with van der Waals surface area (Å²) in [6, 6.07) is 3.98. The fourth-order valence-corrected chi connectivity index (χ4v) is 3.20. The smallest absolute Gasteiger partial charge is 0.260 e. The second-order valence-corrected chi connectivity index (χ2v) is 6.59. The summed E-state index contributed by atoms with van der Waals surface area (Å²) in [7, 11) is 2.07. The Morgan fingerprint density at radius 2 is 2.31 bits per heavy atom. The summed E-state index contributed by atoms with van der Waals surface area (Å²) in [5.41, 5.74) is 0. The van der Waals surface area contributed by atoms with Crippen molar-refractivity contribution in [1.82, 2.24) is 24.9 Å². The van der Waals surface area contributed by atoms with Crippen LogP contribution in [0.15, 0.2) is 29.0 Å². The van der Waals surface area contributed by atoms with Gasteiger partial charge in [0.25, 0.3) is 5.91 Å². The number of hydrogen-bond donors (Lipinski definition) is 0. The molecule has 1 atom stereocenters. The molecule has 1 fully saturated rings. The lowest BCUT2D eigenvalue weighted by atomic mass is 10.1. The minimum Gasteiger partial charge on any atom is -0.482 e. The predicted molar refractivity (Wildman–Crippen MR) is 94.5 cm³/mol. The molecule has 2 aromatic rings. The van der Waals surface area contributed by atoms with Crippen molar-refractivity contribution in [3.63, 3.8) is 0 Å². The van der Waals surface area contributed by atoms with Crippen molar-refractivity contribution < 1.29 is 14.1 Å². The zero-order valence-corrected chi connectivity index (χ0v) is 15.3. The third-order valence-electron chi connectivity index (χ3n) is 4.63. The van der Waals surface area contributed by atoms with Gasteiger partial charge in [-0.05, 0) is 38.4 Å². The van der Waals surface area contributed by atoms with Crippen LogP contribution in [0.3, 0.4) is 0 Å². The van der Waals surface area contributed by atoms with Crippen molar-refractivity contribution in [3.8, 4) is 5.75 Å². The minimum absolute atomic E-state index is 0.0194. The molecule has 3 rings (SSSR count). The topological polar surface area (TPSA) is 84.6 Å². The van der Waals surface area contributed by atoms with Crippen LogP contribution in [0, 0.1) is 6.92 Å². The van der Waals surface area contributed by atoms with Crippen molar-refractivity contribution in [2.75, 3.05) is 26.7 Å². The molecule has 1 aliphatic rings. The highest BCUT2D eigenvalue weighted by Gasteiger charge is 2.24. The first kappa shape index (κ1) is 18.3. The highest BCUT2D eigenvalue weighted by molar-refractivity contribution is 5.77. The molecule has 0 spiro atoms. The molecule has 2 aromatic heterocycles. The van der Waals surface area contributed by atoms with E-state index in [9.17, 15) is 4.79 Å². The first-order valence-electron chi connectivity index (χ1n) is 8.92. The summed E-state index contributed by atoms with van der Waals surface area (Å²) in [5.74, 6) is 1.92. The Balaban J connectivity index is 1.47. The maximum atomic E-state index is 12.4. The number of hydrogen-bond acceptors (Lipinski definition) is 7. The lowest BCUT2D eigenvalue weighted by molar-refractivity contribution is -0.133. The fourth-order valence-electron chi connectivity index (χ4n) is 3.20. The molecular weight excluding hydrogens is 334 g/mol. The van der Waals surface area contributed by atoms with Gasteiger partial charge >= 0.3 is 0 Å². The van der Waals surface area contributed by atoms with E-state index in [1.807, 2.05) is 4.90 Å². The zero-order chi connectivity index (χ0) is 18.4. The summed E-state index contributed by atoms with van der Waals surface area (Å²) in [6.07, 6.45) is 6.22. The average molecular weight is 359 g/mol. The SMILES string of the molecule is Cc1nc(CN(C)C2CCCN(C(=O)COc3cccnc3)CC2)no1. The number of amides is 1. The highest BCUT2D eigenvalue weighted by Crippen LogP contribution is 2.18. The predicted octanol–water partition coefficient (Wildman–Crippen LogP) is 1.66. The summed E-state index contributed by atoms with van der Waals surface area (Å²) < 4.78 is 10.6. The van der Waals surface area contributed by atoms with Gasteiger partial charge in [-0.3, -0.25) is 14.7 Å². The molecule has 0 saturated carbocycles. The molecule has 1 saturated heterocycles. The molecule has 8 nitrogen and oxygen atoms in total. The average Bonchev–Trinajstić information content (AvgIpc) is 2.91. The third-order valence-corrected chi connectivity index (χ3v) is 4.63. The van der Waals surface area contributed by atoms with Gasteiger partial charge in [0, 0.05) is 32.3 Å². The molecular formula is C18H25N5O3. The van der Waals surface area contributed by atoms with Gasteiger partial charge < -0.3 is 14.2 Å². The van der Waals surface area contributed by atoms with Crippen LogP contribution in [0.1, 0.15) is 31.0 Å². The molecule has 26 heavy (non-hydrogen) atoms. The van der Waals surface area contributed by atoms with E-state index in [1.54, 1.807) is 31.5 Å². The van der Waals surface area contributed by atoms with Crippen LogP contribution in [0.5, 0.6) is 5.75 Å². The van der Waals surface area contributed by atoms with Gasteiger partial charge in [0.05, 0.1) is 12.7 Å². The molecule has 140 valence electrons. The Morgan fingerprint density at radius 3 is 3.04 bits per heavy atom. The monoisotopic (exact) mass is 359 g/mol.